The number of thiocarbonyl (C=S) groups is 1. The molecule has 1 aromatic rings. The average Bonchev–Trinajstić information content (AvgIpc) is 2.29. The number of methoxy groups -OCH3 is 1. The van der Waals surface area contributed by atoms with Crippen LogP contribution in [0.5, 0.6) is 5.75 Å². The van der Waals surface area contributed by atoms with E-state index in [-0.39, 0.29) is 0 Å². The zero-order valence-electron chi connectivity index (χ0n) is 9.96. The highest BCUT2D eigenvalue weighted by Crippen LogP contribution is 2.33. The standard InChI is InChI=1S/C11H13Cl2N3OS/c1-3-14-11(18)16-15-6-7-4-8(12)10(17-2)9(13)5-7/h4-6H,3H2,1-2H3,(H2,14,16,18)/b15-6+. The van der Waals surface area contributed by atoms with E-state index in [0.29, 0.717) is 20.9 Å². The first-order valence-corrected chi connectivity index (χ1v) is 6.34. The van der Waals surface area contributed by atoms with Crippen LogP contribution in [-0.2, 0) is 0 Å². The average molecular weight is 306 g/mol. The quantitative estimate of drug-likeness (QED) is 0.510. The Morgan fingerprint density at radius 3 is 2.56 bits per heavy atom. The predicted octanol–water partition coefficient (Wildman–Crippen LogP) is 2.82. The Hall–Kier alpha value is -1.04. The Labute approximate surface area is 121 Å². The Morgan fingerprint density at radius 1 is 1.44 bits per heavy atom. The maximum atomic E-state index is 6.00. The molecule has 0 fully saturated rings. The van der Waals surface area contributed by atoms with Gasteiger partial charge in [0.25, 0.3) is 0 Å². The lowest BCUT2D eigenvalue weighted by atomic mass is 10.2. The largest absolute Gasteiger partial charge is 0.494 e. The van der Waals surface area contributed by atoms with E-state index < -0.39 is 0 Å². The molecule has 0 heterocycles. The third kappa shape index (κ3) is 4.33. The van der Waals surface area contributed by atoms with E-state index in [0.717, 1.165) is 12.1 Å². The van der Waals surface area contributed by atoms with Gasteiger partial charge in [0.05, 0.1) is 23.4 Å². The highest BCUT2D eigenvalue weighted by atomic mass is 35.5. The fourth-order valence-electron chi connectivity index (χ4n) is 1.21. The second-order valence-corrected chi connectivity index (χ2v) is 4.47. The van der Waals surface area contributed by atoms with Gasteiger partial charge in [0.1, 0.15) is 0 Å². The summed E-state index contributed by atoms with van der Waals surface area (Å²) in [6.45, 7) is 2.68. The van der Waals surface area contributed by atoms with Crippen LogP contribution >= 0.6 is 35.4 Å². The molecule has 0 saturated carbocycles. The van der Waals surface area contributed by atoms with Crippen molar-refractivity contribution in [1.82, 2.24) is 10.7 Å². The smallest absolute Gasteiger partial charge is 0.186 e. The van der Waals surface area contributed by atoms with Crippen molar-refractivity contribution in [3.8, 4) is 5.75 Å². The Balaban J connectivity index is 2.74. The van der Waals surface area contributed by atoms with Crippen molar-refractivity contribution in [3.63, 3.8) is 0 Å². The van der Waals surface area contributed by atoms with Gasteiger partial charge in [-0.25, -0.2) is 0 Å². The van der Waals surface area contributed by atoms with Crippen LogP contribution in [0.4, 0.5) is 0 Å². The van der Waals surface area contributed by atoms with Gasteiger partial charge in [-0.3, -0.25) is 5.43 Å². The molecule has 0 aliphatic rings. The van der Waals surface area contributed by atoms with Gasteiger partial charge >= 0.3 is 0 Å². The monoisotopic (exact) mass is 305 g/mol. The first-order valence-electron chi connectivity index (χ1n) is 5.18. The Bertz CT molecular complexity index is 443. The molecule has 7 heteroatoms. The van der Waals surface area contributed by atoms with Crippen LogP contribution in [0, 0.1) is 0 Å². The second-order valence-electron chi connectivity index (χ2n) is 3.25. The summed E-state index contributed by atoms with van der Waals surface area (Å²) in [7, 11) is 1.51. The number of hydrogen-bond donors (Lipinski definition) is 2. The molecule has 0 spiro atoms. The predicted molar refractivity (Wildman–Crippen MR) is 80.0 cm³/mol. The summed E-state index contributed by atoms with van der Waals surface area (Å²) in [5, 5.41) is 8.19. The molecule has 1 aromatic carbocycles. The lowest BCUT2D eigenvalue weighted by Crippen LogP contribution is -2.31. The number of halogens is 2. The molecule has 0 saturated heterocycles. The summed E-state index contributed by atoms with van der Waals surface area (Å²) in [4.78, 5) is 0. The highest BCUT2D eigenvalue weighted by Gasteiger charge is 2.07. The number of nitrogens with one attached hydrogen (secondary N) is 2. The van der Waals surface area contributed by atoms with Gasteiger partial charge in [-0.2, -0.15) is 5.10 Å². The number of hydrogen-bond acceptors (Lipinski definition) is 3. The number of nitrogens with zero attached hydrogens (tertiary/aromatic N) is 1. The van der Waals surface area contributed by atoms with Crippen molar-refractivity contribution in [3.05, 3.63) is 27.7 Å². The first-order chi connectivity index (χ1) is 8.58. The summed E-state index contributed by atoms with van der Waals surface area (Å²) in [5.41, 5.74) is 3.42. The van der Waals surface area contributed by atoms with E-state index >= 15 is 0 Å². The van der Waals surface area contributed by atoms with Crippen LogP contribution in [0.3, 0.4) is 0 Å². The Morgan fingerprint density at radius 2 is 2.06 bits per heavy atom. The van der Waals surface area contributed by atoms with Crippen molar-refractivity contribution >= 4 is 46.7 Å². The second kappa shape index (κ2) is 7.41. The van der Waals surface area contributed by atoms with Gasteiger partial charge in [0, 0.05) is 6.54 Å². The molecular formula is C11H13Cl2N3OS. The molecule has 0 aliphatic heterocycles. The molecule has 0 radical (unpaired) electrons. The van der Waals surface area contributed by atoms with Crippen LogP contribution < -0.4 is 15.5 Å². The molecule has 0 bridgehead atoms. The van der Waals surface area contributed by atoms with Crippen molar-refractivity contribution in [2.45, 2.75) is 6.92 Å². The van der Waals surface area contributed by atoms with Crippen molar-refractivity contribution in [2.24, 2.45) is 5.10 Å². The number of benzene rings is 1. The van der Waals surface area contributed by atoms with E-state index in [4.69, 9.17) is 40.2 Å². The van der Waals surface area contributed by atoms with Gasteiger partial charge in [0.2, 0.25) is 0 Å². The van der Waals surface area contributed by atoms with Crippen molar-refractivity contribution in [2.75, 3.05) is 13.7 Å². The number of ether oxygens (including phenoxy) is 1. The van der Waals surface area contributed by atoms with Gasteiger partial charge in [-0.05, 0) is 36.8 Å². The molecule has 0 unspecified atom stereocenters. The van der Waals surface area contributed by atoms with E-state index in [1.807, 2.05) is 6.92 Å². The minimum atomic E-state index is 0.431. The molecule has 0 amide bonds. The summed E-state index contributed by atoms with van der Waals surface area (Å²) in [6.07, 6.45) is 1.57. The maximum Gasteiger partial charge on any atom is 0.186 e. The summed E-state index contributed by atoms with van der Waals surface area (Å²) < 4.78 is 5.05. The first kappa shape index (κ1) is 15.0. The van der Waals surface area contributed by atoms with Gasteiger partial charge in [-0.1, -0.05) is 23.2 Å². The minimum Gasteiger partial charge on any atom is -0.494 e. The van der Waals surface area contributed by atoms with E-state index in [1.165, 1.54) is 7.11 Å². The van der Waals surface area contributed by atoms with Gasteiger partial charge in [-0.15, -0.1) is 0 Å². The summed E-state index contributed by atoms with van der Waals surface area (Å²) in [6, 6.07) is 3.40. The fraction of sp³-hybridized carbons (Fsp3) is 0.273. The van der Waals surface area contributed by atoms with Crippen LogP contribution in [0.2, 0.25) is 10.0 Å². The fourth-order valence-corrected chi connectivity index (χ4v) is 2.07. The van der Waals surface area contributed by atoms with Crippen LogP contribution in [-0.4, -0.2) is 25.0 Å². The highest BCUT2D eigenvalue weighted by molar-refractivity contribution is 7.80. The molecule has 98 valence electrons. The number of rotatable bonds is 4. The molecule has 4 nitrogen and oxygen atoms in total. The van der Waals surface area contributed by atoms with Gasteiger partial charge in [0.15, 0.2) is 10.9 Å². The normalized spacial score (nSPS) is 10.4. The number of hydrazone groups is 1. The molecule has 0 atom stereocenters. The van der Waals surface area contributed by atoms with Crippen LogP contribution in [0.25, 0.3) is 0 Å². The zero-order chi connectivity index (χ0) is 13.5. The molecule has 0 aliphatic carbocycles. The third-order valence-corrected chi connectivity index (χ3v) is 2.74. The lowest BCUT2D eigenvalue weighted by Gasteiger charge is -2.06. The van der Waals surface area contributed by atoms with E-state index in [2.05, 4.69) is 15.8 Å². The maximum absolute atomic E-state index is 6.00. The van der Waals surface area contributed by atoms with Crippen LogP contribution in [0.15, 0.2) is 17.2 Å². The van der Waals surface area contributed by atoms with Crippen molar-refractivity contribution in [1.29, 1.82) is 0 Å². The SMILES string of the molecule is CCNC(=S)N/N=C/c1cc(Cl)c(OC)c(Cl)c1. The molecule has 1 rings (SSSR count). The molecule has 0 aromatic heterocycles. The molecule has 2 N–H and O–H groups in total. The molecular weight excluding hydrogens is 293 g/mol. The van der Waals surface area contributed by atoms with Crippen molar-refractivity contribution < 1.29 is 4.74 Å². The van der Waals surface area contributed by atoms with Crippen LogP contribution in [0.1, 0.15) is 12.5 Å². The zero-order valence-corrected chi connectivity index (χ0v) is 12.3. The summed E-state index contributed by atoms with van der Waals surface area (Å²) in [5.74, 6) is 0.451. The minimum absolute atomic E-state index is 0.431. The third-order valence-electron chi connectivity index (χ3n) is 1.94. The van der Waals surface area contributed by atoms with E-state index in [1.54, 1.807) is 18.3 Å². The molecule has 18 heavy (non-hydrogen) atoms. The van der Waals surface area contributed by atoms with E-state index in [9.17, 15) is 0 Å². The lowest BCUT2D eigenvalue weighted by molar-refractivity contribution is 0.415. The van der Waals surface area contributed by atoms with Gasteiger partial charge < -0.3 is 10.1 Å². The Kier molecular flexibility index (Phi) is 6.18. The topological polar surface area (TPSA) is 45.7 Å². The summed E-state index contributed by atoms with van der Waals surface area (Å²) >= 11 is 16.9.